The molecule has 3 aromatic rings. The van der Waals surface area contributed by atoms with Gasteiger partial charge in [0.25, 0.3) is 11.8 Å². The number of carbonyl (C=O) groups is 3. The lowest BCUT2D eigenvalue weighted by Gasteiger charge is -2.26. The Morgan fingerprint density at radius 2 is 1.69 bits per heavy atom. The lowest BCUT2D eigenvalue weighted by molar-refractivity contribution is -0.122. The molecular formula is C27H22BrClN2O5. The number of imide groups is 2. The van der Waals surface area contributed by atoms with Crippen molar-refractivity contribution in [3.05, 3.63) is 92.9 Å². The highest BCUT2D eigenvalue weighted by Gasteiger charge is 2.37. The number of carbonyl (C=O) groups excluding carboxylic acids is 3. The number of hydrogen-bond acceptors (Lipinski definition) is 5. The molecule has 36 heavy (non-hydrogen) atoms. The average Bonchev–Trinajstić information content (AvgIpc) is 2.83. The Labute approximate surface area is 221 Å². The Morgan fingerprint density at radius 1 is 1.00 bits per heavy atom. The second kappa shape index (κ2) is 11.0. The van der Waals surface area contributed by atoms with Crippen molar-refractivity contribution in [2.45, 2.75) is 26.6 Å². The molecule has 3 aromatic carbocycles. The van der Waals surface area contributed by atoms with Crippen molar-refractivity contribution < 1.29 is 23.9 Å². The van der Waals surface area contributed by atoms with Crippen LogP contribution >= 0.6 is 27.5 Å². The molecule has 0 atom stereocenters. The van der Waals surface area contributed by atoms with Crippen LogP contribution in [0.1, 0.15) is 25.0 Å². The molecule has 1 aliphatic rings. The SMILES string of the molecule is CC(C)Oc1ccc(Cl)cc1/C=C1\C(=O)NC(=O)N(c2ccc(OCc3ccc(Br)cc3)cc2)C1=O. The second-order valence-corrected chi connectivity index (χ2v) is 9.57. The molecule has 0 aromatic heterocycles. The molecule has 4 amide bonds. The maximum atomic E-state index is 13.3. The summed E-state index contributed by atoms with van der Waals surface area (Å²) in [5.41, 5.74) is 1.50. The summed E-state index contributed by atoms with van der Waals surface area (Å²) in [7, 11) is 0. The molecule has 0 saturated carbocycles. The minimum atomic E-state index is -0.838. The number of rotatable bonds is 7. The molecule has 0 aliphatic carbocycles. The summed E-state index contributed by atoms with van der Waals surface area (Å²) in [5.74, 6) is -0.542. The Kier molecular flexibility index (Phi) is 7.76. The molecule has 9 heteroatoms. The van der Waals surface area contributed by atoms with E-state index < -0.39 is 17.8 Å². The molecule has 184 valence electrons. The fourth-order valence-electron chi connectivity index (χ4n) is 3.48. The van der Waals surface area contributed by atoms with Crippen LogP contribution in [0.2, 0.25) is 5.02 Å². The number of amides is 4. The first-order valence-corrected chi connectivity index (χ1v) is 12.2. The largest absolute Gasteiger partial charge is 0.490 e. The van der Waals surface area contributed by atoms with Crippen molar-refractivity contribution in [2.75, 3.05) is 4.90 Å². The van der Waals surface area contributed by atoms with Crippen molar-refractivity contribution in [2.24, 2.45) is 0 Å². The summed E-state index contributed by atoms with van der Waals surface area (Å²) >= 11 is 9.53. The topological polar surface area (TPSA) is 84.9 Å². The van der Waals surface area contributed by atoms with Crippen molar-refractivity contribution in [1.29, 1.82) is 0 Å². The van der Waals surface area contributed by atoms with Gasteiger partial charge in [0.15, 0.2) is 0 Å². The summed E-state index contributed by atoms with van der Waals surface area (Å²) in [6.45, 7) is 4.07. The van der Waals surface area contributed by atoms with E-state index in [1.54, 1.807) is 42.5 Å². The van der Waals surface area contributed by atoms with Gasteiger partial charge >= 0.3 is 6.03 Å². The number of ether oxygens (including phenoxy) is 2. The quantitative estimate of drug-likeness (QED) is 0.273. The summed E-state index contributed by atoms with van der Waals surface area (Å²) in [4.78, 5) is 39.3. The zero-order valence-electron chi connectivity index (χ0n) is 19.5. The van der Waals surface area contributed by atoms with Crippen molar-refractivity contribution in [3.8, 4) is 11.5 Å². The monoisotopic (exact) mass is 568 g/mol. The van der Waals surface area contributed by atoms with Crippen LogP contribution in [0.5, 0.6) is 11.5 Å². The number of urea groups is 1. The third-order valence-electron chi connectivity index (χ3n) is 5.15. The predicted molar refractivity (Wildman–Crippen MR) is 141 cm³/mol. The van der Waals surface area contributed by atoms with Gasteiger partial charge in [-0.25, -0.2) is 9.69 Å². The second-order valence-electron chi connectivity index (χ2n) is 8.22. The molecule has 7 nitrogen and oxygen atoms in total. The lowest BCUT2D eigenvalue weighted by atomic mass is 10.1. The highest BCUT2D eigenvalue weighted by Crippen LogP contribution is 2.29. The lowest BCUT2D eigenvalue weighted by Crippen LogP contribution is -2.54. The number of nitrogens with zero attached hydrogens (tertiary/aromatic N) is 1. The van der Waals surface area contributed by atoms with E-state index in [4.69, 9.17) is 21.1 Å². The minimum Gasteiger partial charge on any atom is -0.490 e. The highest BCUT2D eigenvalue weighted by molar-refractivity contribution is 9.10. The van der Waals surface area contributed by atoms with E-state index >= 15 is 0 Å². The first kappa shape index (κ1) is 25.5. The van der Waals surface area contributed by atoms with Gasteiger partial charge in [-0.15, -0.1) is 0 Å². The first-order chi connectivity index (χ1) is 17.2. The van der Waals surface area contributed by atoms with Crippen LogP contribution in [0, 0.1) is 0 Å². The highest BCUT2D eigenvalue weighted by atomic mass is 79.9. The van der Waals surface area contributed by atoms with E-state index in [2.05, 4.69) is 21.2 Å². The Balaban J connectivity index is 1.56. The molecule has 0 bridgehead atoms. The number of halogens is 2. The number of benzene rings is 3. The van der Waals surface area contributed by atoms with Gasteiger partial charge in [0.1, 0.15) is 23.7 Å². The fourth-order valence-corrected chi connectivity index (χ4v) is 3.92. The average molecular weight is 570 g/mol. The molecule has 1 N–H and O–H groups in total. The first-order valence-electron chi connectivity index (χ1n) is 11.1. The maximum absolute atomic E-state index is 13.3. The molecule has 4 rings (SSSR count). The molecule has 0 radical (unpaired) electrons. The Bertz CT molecular complexity index is 1340. The molecule has 0 unspecified atom stereocenters. The Morgan fingerprint density at radius 3 is 2.36 bits per heavy atom. The van der Waals surface area contributed by atoms with Crippen LogP contribution in [0.25, 0.3) is 6.08 Å². The van der Waals surface area contributed by atoms with E-state index in [9.17, 15) is 14.4 Å². The summed E-state index contributed by atoms with van der Waals surface area (Å²) in [5, 5.41) is 2.63. The number of anilines is 1. The van der Waals surface area contributed by atoms with Crippen molar-refractivity contribution >= 4 is 57.1 Å². The van der Waals surface area contributed by atoms with Gasteiger partial charge < -0.3 is 9.47 Å². The van der Waals surface area contributed by atoms with E-state index in [0.717, 1.165) is 14.9 Å². The third-order valence-corrected chi connectivity index (χ3v) is 5.91. The summed E-state index contributed by atoms with van der Waals surface area (Å²) < 4.78 is 12.5. The van der Waals surface area contributed by atoms with Gasteiger partial charge in [-0.1, -0.05) is 39.7 Å². The van der Waals surface area contributed by atoms with Crippen LogP contribution < -0.4 is 19.7 Å². The van der Waals surface area contributed by atoms with E-state index in [-0.39, 0.29) is 17.4 Å². The molecule has 1 heterocycles. The van der Waals surface area contributed by atoms with E-state index in [0.29, 0.717) is 28.7 Å². The van der Waals surface area contributed by atoms with Crippen LogP contribution in [0.4, 0.5) is 10.5 Å². The zero-order valence-corrected chi connectivity index (χ0v) is 21.8. The number of barbiturate groups is 1. The van der Waals surface area contributed by atoms with Crippen molar-refractivity contribution in [1.82, 2.24) is 5.32 Å². The number of nitrogens with one attached hydrogen (secondary N) is 1. The smallest absolute Gasteiger partial charge is 0.335 e. The summed E-state index contributed by atoms with van der Waals surface area (Å²) in [6.07, 6.45) is 1.23. The van der Waals surface area contributed by atoms with Crippen LogP contribution in [0.15, 0.2) is 76.8 Å². The molecule has 1 aliphatic heterocycles. The molecule has 1 saturated heterocycles. The third kappa shape index (κ3) is 5.95. The van der Waals surface area contributed by atoms with Crippen LogP contribution in [-0.4, -0.2) is 23.9 Å². The van der Waals surface area contributed by atoms with Gasteiger partial charge in [-0.2, -0.15) is 0 Å². The van der Waals surface area contributed by atoms with E-state index in [1.165, 1.54) is 6.08 Å². The predicted octanol–water partition coefficient (Wildman–Crippen LogP) is 6.14. The molecule has 1 fully saturated rings. The summed E-state index contributed by atoms with van der Waals surface area (Å²) in [6, 6.07) is 18.3. The zero-order chi connectivity index (χ0) is 25.8. The fraction of sp³-hybridized carbons (Fsp3) is 0.148. The molecule has 0 spiro atoms. The van der Waals surface area contributed by atoms with Crippen LogP contribution in [-0.2, 0) is 16.2 Å². The van der Waals surface area contributed by atoms with Gasteiger partial charge in [0, 0.05) is 15.1 Å². The van der Waals surface area contributed by atoms with Gasteiger partial charge in [-0.05, 0) is 80.1 Å². The molecular weight excluding hydrogens is 548 g/mol. The van der Waals surface area contributed by atoms with Gasteiger partial charge in [0.05, 0.1) is 11.8 Å². The van der Waals surface area contributed by atoms with Crippen molar-refractivity contribution in [3.63, 3.8) is 0 Å². The van der Waals surface area contributed by atoms with E-state index in [1.807, 2.05) is 38.1 Å². The maximum Gasteiger partial charge on any atom is 0.335 e. The standard InChI is InChI=1S/C27H22BrClN2O5/c1-16(2)36-24-12-7-20(29)13-18(24)14-23-25(32)30-27(34)31(26(23)33)21-8-10-22(11-9-21)35-15-17-3-5-19(28)6-4-17/h3-14,16H,15H2,1-2H3,(H,30,32,34)/b23-14+. The Hall–Kier alpha value is -3.62. The van der Waals surface area contributed by atoms with Gasteiger partial charge in [-0.3, -0.25) is 14.9 Å². The minimum absolute atomic E-state index is 0.137. The van der Waals surface area contributed by atoms with Gasteiger partial charge in [0.2, 0.25) is 0 Å². The number of hydrogen-bond donors (Lipinski definition) is 1. The normalized spacial score (nSPS) is 14.9. The van der Waals surface area contributed by atoms with Crippen LogP contribution in [0.3, 0.4) is 0 Å².